The lowest BCUT2D eigenvalue weighted by Gasteiger charge is -2.11. The van der Waals surface area contributed by atoms with Crippen LogP contribution < -0.4 is 10.3 Å². The molecule has 0 aromatic heterocycles. The van der Waals surface area contributed by atoms with Gasteiger partial charge >= 0.3 is 6.09 Å². The van der Waals surface area contributed by atoms with Gasteiger partial charge in [0.2, 0.25) is 0 Å². The summed E-state index contributed by atoms with van der Waals surface area (Å²) in [7, 11) is -4.15. The summed E-state index contributed by atoms with van der Waals surface area (Å²) >= 11 is 0. The van der Waals surface area contributed by atoms with Crippen LogP contribution in [0.3, 0.4) is 0 Å². The molecule has 2 N–H and O–H groups in total. The van der Waals surface area contributed by atoms with Crippen LogP contribution in [0.25, 0.3) is 0 Å². The van der Waals surface area contributed by atoms with Crippen molar-refractivity contribution in [3.05, 3.63) is 33.4 Å². The lowest BCUT2D eigenvalue weighted by molar-refractivity contribution is -0.385. The summed E-state index contributed by atoms with van der Waals surface area (Å²) in [5, 5.41) is 10.8. The number of ether oxygens (including phenoxy) is 1. The van der Waals surface area contributed by atoms with Gasteiger partial charge in [0.05, 0.1) is 16.4 Å². The van der Waals surface area contributed by atoms with E-state index in [1.807, 2.05) is 10.3 Å². The van der Waals surface area contributed by atoms with Crippen molar-refractivity contribution in [1.29, 1.82) is 0 Å². The quantitative estimate of drug-likeness (QED) is 0.619. The molecule has 21 heavy (non-hydrogen) atoms. The largest absolute Gasteiger partial charge is 0.449 e. The number of benzene rings is 1. The minimum absolute atomic E-state index is 0.0719. The van der Waals surface area contributed by atoms with Gasteiger partial charge in [-0.05, 0) is 31.9 Å². The van der Waals surface area contributed by atoms with E-state index in [0.717, 1.165) is 6.07 Å². The van der Waals surface area contributed by atoms with E-state index in [0.29, 0.717) is 11.1 Å². The Bertz CT molecular complexity index is 671. The van der Waals surface area contributed by atoms with E-state index in [-0.39, 0.29) is 17.2 Å². The first-order valence-electron chi connectivity index (χ1n) is 5.89. The molecule has 0 fully saturated rings. The number of hydrogen-bond acceptors (Lipinski definition) is 6. The number of amides is 1. The summed E-state index contributed by atoms with van der Waals surface area (Å²) < 4.78 is 28.7. The second kappa shape index (κ2) is 6.50. The first-order chi connectivity index (χ1) is 9.69. The van der Waals surface area contributed by atoms with Crippen LogP contribution in [0.2, 0.25) is 0 Å². The van der Waals surface area contributed by atoms with Gasteiger partial charge in [-0.15, -0.1) is 4.83 Å². The summed E-state index contributed by atoms with van der Waals surface area (Å²) in [6.45, 7) is 4.70. The van der Waals surface area contributed by atoms with E-state index in [9.17, 15) is 23.3 Å². The molecular formula is C11H15N3O6S. The maximum absolute atomic E-state index is 12.1. The average molecular weight is 317 g/mol. The first kappa shape index (κ1) is 16.9. The summed E-state index contributed by atoms with van der Waals surface area (Å²) in [4.78, 5) is 22.7. The molecule has 0 heterocycles. The third kappa shape index (κ3) is 4.13. The van der Waals surface area contributed by atoms with Crippen LogP contribution in [-0.4, -0.2) is 26.0 Å². The van der Waals surface area contributed by atoms with Crippen molar-refractivity contribution in [1.82, 2.24) is 10.3 Å². The zero-order valence-corrected chi connectivity index (χ0v) is 12.5. The first-order valence-corrected chi connectivity index (χ1v) is 7.37. The summed E-state index contributed by atoms with van der Waals surface area (Å²) in [5.41, 5.74) is 2.29. The normalized spacial score (nSPS) is 11.0. The Balaban J connectivity index is 3.13. The van der Waals surface area contributed by atoms with E-state index < -0.39 is 21.0 Å². The molecule has 9 nitrogen and oxygen atoms in total. The van der Waals surface area contributed by atoms with E-state index in [2.05, 4.69) is 4.74 Å². The predicted molar refractivity (Wildman–Crippen MR) is 73.0 cm³/mol. The van der Waals surface area contributed by atoms with Gasteiger partial charge < -0.3 is 4.74 Å². The van der Waals surface area contributed by atoms with Crippen LogP contribution >= 0.6 is 0 Å². The highest BCUT2D eigenvalue weighted by molar-refractivity contribution is 7.89. The molecule has 116 valence electrons. The lowest BCUT2D eigenvalue weighted by Crippen LogP contribution is -2.42. The molecule has 0 aliphatic rings. The number of sulfonamides is 1. The standard InChI is InChI=1S/C11H15N3O6S/c1-4-20-11(15)12-13-21(18,19)10-6-9(14(16)17)5-7(2)8(10)3/h5-6,13H,4H2,1-3H3,(H,12,15). The van der Waals surface area contributed by atoms with Gasteiger partial charge in [-0.25, -0.2) is 18.6 Å². The third-order valence-electron chi connectivity index (χ3n) is 2.67. The zero-order chi connectivity index (χ0) is 16.2. The molecule has 1 aromatic rings. The van der Waals surface area contributed by atoms with Crippen molar-refractivity contribution >= 4 is 21.8 Å². The number of aryl methyl sites for hydroxylation is 1. The molecule has 0 bridgehead atoms. The number of hydrogen-bond donors (Lipinski definition) is 2. The average Bonchev–Trinajstić information content (AvgIpc) is 2.39. The minimum Gasteiger partial charge on any atom is -0.449 e. The molecular weight excluding hydrogens is 302 g/mol. The highest BCUT2D eigenvalue weighted by atomic mass is 32.2. The van der Waals surface area contributed by atoms with E-state index in [1.54, 1.807) is 13.8 Å². The van der Waals surface area contributed by atoms with Gasteiger partial charge in [-0.3, -0.25) is 10.1 Å². The molecule has 0 atom stereocenters. The Labute approximate surface area is 121 Å². The number of non-ortho nitro benzene ring substituents is 1. The monoisotopic (exact) mass is 317 g/mol. The summed E-state index contributed by atoms with van der Waals surface area (Å²) in [5.74, 6) is 0. The second-order valence-corrected chi connectivity index (χ2v) is 5.74. The van der Waals surface area contributed by atoms with E-state index in [4.69, 9.17) is 0 Å². The van der Waals surface area contributed by atoms with Gasteiger partial charge in [0.25, 0.3) is 15.7 Å². The smallest absolute Gasteiger partial charge is 0.422 e. The van der Waals surface area contributed by atoms with Crippen LogP contribution in [-0.2, 0) is 14.8 Å². The van der Waals surface area contributed by atoms with Gasteiger partial charge in [0.15, 0.2) is 0 Å². The van der Waals surface area contributed by atoms with Crippen LogP contribution in [0.1, 0.15) is 18.1 Å². The molecule has 0 aliphatic heterocycles. The number of hydrazine groups is 1. The topological polar surface area (TPSA) is 128 Å². The fourth-order valence-electron chi connectivity index (χ4n) is 1.52. The Morgan fingerprint density at radius 1 is 1.38 bits per heavy atom. The van der Waals surface area contributed by atoms with Crippen molar-refractivity contribution in [2.24, 2.45) is 0 Å². The van der Waals surface area contributed by atoms with Crippen LogP contribution in [0.4, 0.5) is 10.5 Å². The highest BCUT2D eigenvalue weighted by Crippen LogP contribution is 2.24. The van der Waals surface area contributed by atoms with E-state index in [1.165, 1.54) is 13.0 Å². The van der Waals surface area contributed by atoms with Crippen molar-refractivity contribution in [2.45, 2.75) is 25.7 Å². The van der Waals surface area contributed by atoms with Gasteiger partial charge in [-0.1, -0.05) is 0 Å². The van der Waals surface area contributed by atoms with Gasteiger partial charge in [0, 0.05) is 12.1 Å². The summed E-state index contributed by atoms with van der Waals surface area (Å²) in [6, 6.07) is 2.20. The van der Waals surface area contributed by atoms with Crippen LogP contribution in [0.15, 0.2) is 17.0 Å². The molecule has 1 amide bonds. The van der Waals surface area contributed by atoms with Gasteiger partial charge in [-0.2, -0.15) is 0 Å². The zero-order valence-electron chi connectivity index (χ0n) is 11.7. The van der Waals surface area contributed by atoms with E-state index >= 15 is 0 Å². The van der Waals surface area contributed by atoms with Crippen molar-refractivity contribution in [3.8, 4) is 0 Å². The molecule has 1 rings (SSSR count). The number of nitro benzene ring substituents is 1. The minimum atomic E-state index is -4.15. The molecule has 0 spiro atoms. The maximum Gasteiger partial charge on any atom is 0.422 e. The Morgan fingerprint density at radius 3 is 2.52 bits per heavy atom. The second-order valence-electron chi connectivity index (χ2n) is 4.09. The molecule has 0 saturated carbocycles. The lowest BCUT2D eigenvalue weighted by atomic mass is 10.1. The van der Waals surface area contributed by atoms with Gasteiger partial charge in [0.1, 0.15) is 0 Å². The number of nitro groups is 1. The molecule has 0 saturated heterocycles. The number of carbonyl (C=O) groups is 1. The van der Waals surface area contributed by atoms with Crippen molar-refractivity contribution in [2.75, 3.05) is 6.61 Å². The molecule has 1 aromatic carbocycles. The fourth-order valence-corrected chi connectivity index (χ4v) is 2.69. The molecule has 10 heteroatoms. The SMILES string of the molecule is CCOC(=O)NNS(=O)(=O)c1cc([N+](=O)[O-])cc(C)c1C. The maximum atomic E-state index is 12.1. The fraction of sp³-hybridized carbons (Fsp3) is 0.364. The molecule has 0 radical (unpaired) electrons. The number of rotatable bonds is 5. The predicted octanol–water partition coefficient (Wildman–Crippen LogP) is 1.15. The van der Waals surface area contributed by atoms with Crippen LogP contribution in [0.5, 0.6) is 0 Å². The van der Waals surface area contributed by atoms with Crippen molar-refractivity contribution < 1.29 is 22.9 Å². The summed E-state index contributed by atoms with van der Waals surface area (Å²) in [6.07, 6.45) is -0.971. The number of nitrogens with zero attached hydrogens (tertiary/aromatic N) is 1. The number of nitrogens with one attached hydrogen (secondary N) is 2. The van der Waals surface area contributed by atoms with Crippen molar-refractivity contribution in [3.63, 3.8) is 0 Å². The Morgan fingerprint density at radius 2 is 2.00 bits per heavy atom. The third-order valence-corrected chi connectivity index (χ3v) is 4.04. The number of carbonyl (C=O) groups excluding carboxylic acids is 1. The highest BCUT2D eigenvalue weighted by Gasteiger charge is 2.23. The van der Waals surface area contributed by atoms with Crippen LogP contribution in [0, 0.1) is 24.0 Å². The molecule has 0 aliphatic carbocycles. The Kier molecular flexibility index (Phi) is 5.22. The molecule has 0 unspecified atom stereocenters. The Hall–Kier alpha value is -2.20.